The molecular formula is C27H27N7O4. The predicted octanol–water partition coefficient (Wildman–Crippen LogP) is 3.56. The van der Waals surface area contributed by atoms with Crippen molar-refractivity contribution in [1.29, 1.82) is 0 Å². The van der Waals surface area contributed by atoms with E-state index in [4.69, 9.17) is 9.47 Å². The maximum atomic E-state index is 12.9. The van der Waals surface area contributed by atoms with E-state index in [2.05, 4.69) is 30.5 Å². The van der Waals surface area contributed by atoms with Crippen molar-refractivity contribution in [3.8, 4) is 34.1 Å². The number of aromatic nitrogens is 6. The first-order valence-corrected chi connectivity index (χ1v) is 12.0. The van der Waals surface area contributed by atoms with Crippen molar-refractivity contribution in [1.82, 2.24) is 35.0 Å². The summed E-state index contributed by atoms with van der Waals surface area (Å²) in [5, 5.41) is 21.5. The van der Waals surface area contributed by atoms with E-state index in [0.29, 0.717) is 52.8 Å². The minimum atomic E-state index is -0.247. The molecule has 2 aromatic carbocycles. The molecule has 5 rings (SSSR count). The van der Waals surface area contributed by atoms with Crippen LogP contribution in [0.15, 0.2) is 61.1 Å². The molecule has 3 aromatic heterocycles. The largest absolute Gasteiger partial charge is 0.507 e. The van der Waals surface area contributed by atoms with Gasteiger partial charge in [-0.2, -0.15) is 0 Å². The smallest absolute Gasteiger partial charge is 0.251 e. The molecule has 0 saturated heterocycles. The Morgan fingerprint density at radius 3 is 2.87 bits per heavy atom. The molecule has 194 valence electrons. The summed E-state index contributed by atoms with van der Waals surface area (Å²) in [6.45, 7) is 1.59. The molecule has 0 fully saturated rings. The minimum Gasteiger partial charge on any atom is -0.507 e. The number of pyridine rings is 1. The molecule has 0 atom stereocenters. The van der Waals surface area contributed by atoms with Crippen LogP contribution < -0.4 is 10.1 Å². The van der Waals surface area contributed by atoms with Gasteiger partial charge < -0.3 is 29.4 Å². The zero-order chi connectivity index (χ0) is 26.5. The molecule has 0 spiro atoms. The Hall–Kier alpha value is -4.77. The van der Waals surface area contributed by atoms with E-state index < -0.39 is 0 Å². The lowest BCUT2D eigenvalue weighted by molar-refractivity contribution is 0.0949. The minimum absolute atomic E-state index is 0.0724. The lowest BCUT2D eigenvalue weighted by atomic mass is 10.0. The summed E-state index contributed by atoms with van der Waals surface area (Å²) in [6.07, 6.45) is 4.12. The number of carbonyl (C=O) groups excluding carboxylic acids is 1. The number of amides is 1. The number of methoxy groups -OCH3 is 2. The fraction of sp³-hybridized carbons (Fsp3) is 0.222. The lowest BCUT2D eigenvalue weighted by Gasteiger charge is -2.09. The van der Waals surface area contributed by atoms with Gasteiger partial charge in [-0.3, -0.25) is 4.79 Å². The summed E-state index contributed by atoms with van der Waals surface area (Å²) in [7, 11) is 3.22. The average Bonchev–Trinajstić information content (AvgIpc) is 3.58. The Labute approximate surface area is 218 Å². The molecule has 3 heterocycles. The number of phenols is 1. The Bertz CT molecular complexity index is 1580. The van der Waals surface area contributed by atoms with Crippen LogP contribution in [-0.4, -0.2) is 61.6 Å². The van der Waals surface area contributed by atoms with Crippen molar-refractivity contribution in [2.75, 3.05) is 20.8 Å². The maximum absolute atomic E-state index is 12.9. The Kier molecular flexibility index (Phi) is 7.27. The molecule has 5 aromatic rings. The number of aryl methyl sites for hydroxylation is 1. The highest BCUT2D eigenvalue weighted by molar-refractivity contribution is 5.97. The number of benzene rings is 2. The van der Waals surface area contributed by atoms with E-state index in [-0.39, 0.29) is 18.2 Å². The van der Waals surface area contributed by atoms with Gasteiger partial charge in [-0.25, -0.2) is 9.97 Å². The number of hydrogen-bond donors (Lipinski definition) is 3. The SMILES string of the molecule is COCCCn1cnnc1CNC(=O)c1ccc2nc(-c3cc(-c4cccnc4OC)ccc3O)[nH]c2c1. The Morgan fingerprint density at radius 1 is 1.13 bits per heavy atom. The molecular weight excluding hydrogens is 486 g/mol. The summed E-state index contributed by atoms with van der Waals surface area (Å²) in [5.74, 6) is 1.45. The van der Waals surface area contributed by atoms with Crippen LogP contribution in [-0.2, 0) is 17.8 Å². The van der Waals surface area contributed by atoms with Gasteiger partial charge in [0.05, 0.1) is 30.3 Å². The van der Waals surface area contributed by atoms with Gasteiger partial charge in [-0.15, -0.1) is 10.2 Å². The van der Waals surface area contributed by atoms with Gasteiger partial charge in [0, 0.05) is 37.6 Å². The molecule has 0 unspecified atom stereocenters. The Morgan fingerprint density at radius 2 is 2.03 bits per heavy atom. The topological polar surface area (TPSA) is 140 Å². The van der Waals surface area contributed by atoms with Crippen LogP contribution in [0.4, 0.5) is 0 Å². The average molecular weight is 514 g/mol. The van der Waals surface area contributed by atoms with Crippen molar-refractivity contribution in [2.24, 2.45) is 0 Å². The standard InChI is InChI=1S/C27H27N7O4/c1-37-12-4-11-34-16-30-33-24(34)15-29-26(36)18-6-8-21-22(14-18)32-25(31-21)20-13-17(7-9-23(20)35)19-5-3-10-28-27(19)38-2/h3,5-10,13-14,16,35H,4,11-12,15H2,1-2H3,(H,29,36)(H,31,32). The van der Waals surface area contributed by atoms with E-state index in [1.165, 1.54) is 0 Å². The number of rotatable bonds is 10. The first-order valence-electron chi connectivity index (χ1n) is 12.0. The first kappa shape index (κ1) is 24.9. The maximum Gasteiger partial charge on any atom is 0.251 e. The molecule has 38 heavy (non-hydrogen) atoms. The number of phenolic OH excluding ortho intramolecular Hbond substituents is 1. The van der Waals surface area contributed by atoms with Crippen LogP contribution >= 0.6 is 0 Å². The molecule has 3 N–H and O–H groups in total. The number of hydrogen-bond acceptors (Lipinski definition) is 8. The van der Waals surface area contributed by atoms with Crippen molar-refractivity contribution in [3.05, 3.63) is 72.4 Å². The van der Waals surface area contributed by atoms with Crippen LogP contribution in [0.2, 0.25) is 0 Å². The molecule has 0 aliphatic heterocycles. The van der Waals surface area contributed by atoms with Crippen molar-refractivity contribution >= 4 is 16.9 Å². The van der Waals surface area contributed by atoms with Crippen LogP contribution in [0.25, 0.3) is 33.5 Å². The molecule has 0 radical (unpaired) electrons. The number of fused-ring (bicyclic) bond motifs is 1. The molecule has 0 aliphatic carbocycles. The number of aromatic hydroxyl groups is 1. The summed E-state index contributed by atoms with van der Waals surface area (Å²) in [5.41, 5.74) is 3.93. The van der Waals surface area contributed by atoms with E-state index in [9.17, 15) is 9.90 Å². The molecule has 11 heteroatoms. The lowest BCUT2D eigenvalue weighted by Crippen LogP contribution is -2.24. The zero-order valence-corrected chi connectivity index (χ0v) is 21.0. The second kappa shape index (κ2) is 11.1. The highest BCUT2D eigenvalue weighted by atomic mass is 16.5. The molecule has 0 aliphatic rings. The fourth-order valence-corrected chi connectivity index (χ4v) is 4.19. The van der Waals surface area contributed by atoms with E-state index in [1.54, 1.807) is 57.1 Å². The number of H-pyrrole nitrogens is 1. The fourth-order valence-electron chi connectivity index (χ4n) is 4.19. The third-order valence-electron chi connectivity index (χ3n) is 6.12. The third kappa shape index (κ3) is 5.18. The second-order valence-electron chi connectivity index (χ2n) is 8.58. The second-order valence-corrected chi connectivity index (χ2v) is 8.58. The van der Waals surface area contributed by atoms with Crippen LogP contribution in [0.3, 0.4) is 0 Å². The summed E-state index contributed by atoms with van der Waals surface area (Å²) < 4.78 is 12.4. The van der Waals surface area contributed by atoms with Crippen LogP contribution in [0.5, 0.6) is 11.6 Å². The monoisotopic (exact) mass is 513 g/mol. The summed E-state index contributed by atoms with van der Waals surface area (Å²) in [6, 6.07) is 14.2. The third-order valence-corrected chi connectivity index (χ3v) is 6.12. The van der Waals surface area contributed by atoms with Crippen molar-refractivity contribution in [3.63, 3.8) is 0 Å². The van der Waals surface area contributed by atoms with Gasteiger partial charge in [0.2, 0.25) is 5.88 Å². The van der Waals surface area contributed by atoms with Crippen molar-refractivity contribution in [2.45, 2.75) is 19.5 Å². The van der Waals surface area contributed by atoms with Gasteiger partial charge >= 0.3 is 0 Å². The van der Waals surface area contributed by atoms with Crippen LogP contribution in [0, 0.1) is 0 Å². The molecule has 0 saturated carbocycles. The van der Waals surface area contributed by atoms with Gasteiger partial charge in [-0.05, 0) is 54.4 Å². The normalized spacial score (nSPS) is 11.1. The highest BCUT2D eigenvalue weighted by Crippen LogP contribution is 2.35. The zero-order valence-electron chi connectivity index (χ0n) is 21.0. The molecule has 0 bridgehead atoms. The molecule has 1 amide bonds. The van der Waals surface area contributed by atoms with E-state index in [0.717, 1.165) is 17.5 Å². The number of imidazole rings is 1. The predicted molar refractivity (Wildman–Crippen MR) is 141 cm³/mol. The quantitative estimate of drug-likeness (QED) is 0.241. The Balaban J connectivity index is 1.35. The number of carbonyl (C=O) groups is 1. The summed E-state index contributed by atoms with van der Waals surface area (Å²) >= 11 is 0. The van der Waals surface area contributed by atoms with E-state index in [1.807, 2.05) is 22.8 Å². The number of aromatic amines is 1. The molecule has 11 nitrogen and oxygen atoms in total. The number of nitrogens with one attached hydrogen (secondary N) is 2. The van der Waals surface area contributed by atoms with Gasteiger partial charge in [0.1, 0.15) is 17.9 Å². The van der Waals surface area contributed by atoms with E-state index >= 15 is 0 Å². The van der Waals surface area contributed by atoms with Crippen LogP contribution in [0.1, 0.15) is 22.6 Å². The van der Waals surface area contributed by atoms with Gasteiger partial charge in [0.25, 0.3) is 5.91 Å². The number of ether oxygens (including phenoxy) is 2. The summed E-state index contributed by atoms with van der Waals surface area (Å²) in [4.78, 5) is 25.0. The highest BCUT2D eigenvalue weighted by Gasteiger charge is 2.15. The first-order chi connectivity index (χ1) is 18.6. The van der Waals surface area contributed by atoms with Gasteiger partial charge in [-0.1, -0.05) is 6.07 Å². The van der Waals surface area contributed by atoms with Gasteiger partial charge in [0.15, 0.2) is 5.82 Å². The number of nitrogens with zero attached hydrogens (tertiary/aromatic N) is 5. The van der Waals surface area contributed by atoms with Crippen molar-refractivity contribution < 1.29 is 19.4 Å².